The van der Waals surface area contributed by atoms with Crippen molar-refractivity contribution in [3.63, 3.8) is 0 Å². The predicted molar refractivity (Wildman–Crippen MR) is 97.9 cm³/mol. The standard InChI is InChI=1S/C16H25N3.HI/c1-13-7-9-15(10-8-13)19-16(17)18-12-11-14-5-3-2-4-6-14;/h7-10,14H,2-6,11-12H2,1H3,(H3,17,18,19);1H. The molecule has 0 bridgehead atoms. The lowest BCUT2D eigenvalue weighted by molar-refractivity contribution is 0.343. The van der Waals surface area contributed by atoms with Gasteiger partial charge in [0.15, 0.2) is 5.96 Å². The van der Waals surface area contributed by atoms with E-state index >= 15 is 0 Å². The van der Waals surface area contributed by atoms with Gasteiger partial charge in [0.05, 0.1) is 0 Å². The molecule has 0 amide bonds. The molecule has 1 aromatic rings. The van der Waals surface area contributed by atoms with E-state index in [2.05, 4.69) is 29.4 Å². The van der Waals surface area contributed by atoms with Gasteiger partial charge in [0, 0.05) is 12.2 Å². The molecule has 0 radical (unpaired) electrons. The highest BCUT2D eigenvalue weighted by Gasteiger charge is 2.12. The first-order valence-electron chi connectivity index (χ1n) is 7.37. The Labute approximate surface area is 139 Å². The normalized spacial score (nSPS) is 16.6. The number of guanidine groups is 1. The molecule has 112 valence electrons. The molecule has 0 heterocycles. The van der Waals surface area contributed by atoms with Crippen molar-refractivity contribution < 1.29 is 0 Å². The summed E-state index contributed by atoms with van der Waals surface area (Å²) in [6.07, 6.45) is 8.13. The SMILES string of the molecule is Cc1ccc(NC(N)=NCCC2CCCCC2)cc1.I. The maximum atomic E-state index is 5.90. The van der Waals surface area contributed by atoms with E-state index < -0.39 is 0 Å². The lowest BCUT2D eigenvalue weighted by Crippen LogP contribution is -2.23. The zero-order valence-electron chi connectivity index (χ0n) is 12.3. The first kappa shape index (κ1) is 17.3. The Morgan fingerprint density at radius 2 is 1.85 bits per heavy atom. The van der Waals surface area contributed by atoms with Crippen LogP contribution in [0.2, 0.25) is 0 Å². The van der Waals surface area contributed by atoms with E-state index in [1.807, 2.05) is 12.1 Å². The van der Waals surface area contributed by atoms with Crippen molar-refractivity contribution in [1.29, 1.82) is 0 Å². The van der Waals surface area contributed by atoms with Crippen molar-refractivity contribution >= 4 is 35.6 Å². The first-order chi connectivity index (χ1) is 9.24. The highest BCUT2D eigenvalue weighted by Crippen LogP contribution is 2.26. The minimum absolute atomic E-state index is 0. The fourth-order valence-electron chi connectivity index (χ4n) is 2.67. The average Bonchev–Trinajstić information content (AvgIpc) is 2.43. The lowest BCUT2D eigenvalue weighted by Gasteiger charge is -2.20. The largest absolute Gasteiger partial charge is 0.370 e. The van der Waals surface area contributed by atoms with Crippen LogP contribution in [-0.4, -0.2) is 12.5 Å². The summed E-state index contributed by atoms with van der Waals surface area (Å²) in [5.74, 6) is 1.39. The van der Waals surface area contributed by atoms with Gasteiger partial charge in [0.25, 0.3) is 0 Å². The number of nitrogens with zero attached hydrogens (tertiary/aromatic N) is 1. The van der Waals surface area contributed by atoms with Gasteiger partial charge < -0.3 is 11.1 Å². The maximum absolute atomic E-state index is 5.90. The van der Waals surface area contributed by atoms with E-state index in [0.717, 1.165) is 18.2 Å². The molecule has 0 atom stereocenters. The van der Waals surface area contributed by atoms with Crippen LogP contribution in [0.5, 0.6) is 0 Å². The molecule has 1 aromatic carbocycles. The third-order valence-electron chi connectivity index (χ3n) is 3.87. The molecule has 3 N–H and O–H groups in total. The molecular weight excluding hydrogens is 361 g/mol. The summed E-state index contributed by atoms with van der Waals surface area (Å²) in [7, 11) is 0. The smallest absolute Gasteiger partial charge is 0.193 e. The summed E-state index contributed by atoms with van der Waals surface area (Å²) in [5, 5.41) is 3.13. The molecule has 20 heavy (non-hydrogen) atoms. The maximum Gasteiger partial charge on any atom is 0.193 e. The summed E-state index contributed by atoms with van der Waals surface area (Å²) in [6.45, 7) is 2.92. The molecule has 1 aliphatic carbocycles. The van der Waals surface area contributed by atoms with Gasteiger partial charge >= 0.3 is 0 Å². The summed E-state index contributed by atoms with van der Waals surface area (Å²) in [5.41, 5.74) is 8.15. The van der Waals surface area contributed by atoms with Gasteiger partial charge in [-0.15, -0.1) is 24.0 Å². The van der Waals surface area contributed by atoms with Crippen LogP contribution >= 0.6 is 24.0 Å². The number of halogens is 1. The number of rotatable bonds is 4. The second-order valence-electron chi connectivity index (χ2n) is 5.55. The Balaban J connectivity index is 0.00000200. The van der Waals surface area contributed by atoms with Crippen molar-refractivity contribution in [2.45, 2.75) is 45.4 Å². The number of hydrogen-bond donors (Lipinski definition) is 2. The summed E-state index contributed by atoms with van der Waals surface area (Å²) < 4.78 is 0. The topological polar surface area (TPSA) is 50.4 Å². The van der Waals surface area contributed by atoms with E-state index in [9.17, 15) is 0 Å². The monoisotopic (exact) mass is 387 g/mol. The van der Waals surface area contributed by atoms with Crippen molar-refractivity contribution in [1.82, 2.24) is 0 Å². The molecule has 4 heteroatoms. The third-order valence-corrected chi connectivity index (χ3v) is 3.87. The van der Waals surface area contributed by atoms with E-state index in [1.54, 1.807) is 0 Å². The van der Waals surface area contributed by atoms with Gasteiger partial charge in [-0.25, -0.2) is 0 Å². The zero-order chi connectivity index (χ0) is 13.5. The Kier molecular flexibility index (Phi) is 7.95. The van der Waals surface area contributed by atoms with Crippen molar-refractivity contribution in [2.75, 3.05) is 11.9 Å². The number of aryl methyl sites for hydroxylation is 1. The molecule has 0 aliphatic heterocycles. The van der Waals surface area contributed by atoms with E-state index in [0.29, 0.717) is 5.96 Å². The second-order valence-corrected chi connectivity index (χ2v) is 5.55. The summed E-state index contributed by atoms with van der Waals surface area (Å²) >= 11 is 0. The zero-order valence-corrected chi connectivity index (χ0v) is 14.6. The molecular formula is C16H26IN3. The molecule has 0 saturated heterocycles. The predicted octanol–water partition coefficient (Wildman–Crippen LogP) is 4.31. The van der Waals surface area contributed by atoms with Crippen LogP contribution in [0.15, 0.2) is 29.3 Å². The number of benzene rings is 1. The van der Waals surface area contributed by atoms with Gasteiger partial charge in [-0.1, -0.05) is 49.8 Å². The van der Waals surface area contributed by atoms with E-state index in [-0.39, 0.29) is 24.0 Å². The quantitative estimate of drug-likeness (QED) is 0.460. The van der Waals surface area contributed by atoms with Crippen LogP contribution in [0.25, 0.3) is 0 Å². The minimum atomic E-state index is 0. The van der Waals surface area contributed by atoms with Crippen LogP contribution in [0.4, 0.5) is 5.69 Å². The van der Waals surface area contributed by atoms with Crippen molar-refractivity contribution in [2.24, 2.45) is 16.6 Å². The van der Waals surface area contributed by atoms with Crippen LogP contribution in [0, 0.1) is 12.8 Å². The highest BCUT2D eigenvalue weighted by molar-refractivity contribution is 14.0. The average molecular weight is 387 g/mol. The summed E-state index contributed by atoms with van der Waals surface area (Å²) in [6, 6.07) is 8.19. The van der Waals surface area contributed by atoms with Gasteiger partial charge in [-0.05, 0) is 31.4 Å². The van der Waals surface area contributed by atoms with Crippen molar-refractivity contribution in [3.8, 4) is 0 Å². The molecule has 0 aromatic heterocycles. The Hall–Kier alpha value is -0.780. The number of nitrogens with one attached hydrogen (secondary N) is 1. The number of nitrogens with two attached hydrogens (primary N) is 1. The Morgan fingerprint density at radius 3 is 2.50 bits per heavy atom. The molecule has 1 saturated carbocycles. The number of hydrogen-bond acceptors (Lipinski definition) is 1. The fraction of sp³-hybridized carbons (Fsp3) is 0.562. The van der Waals surface area contributed by atoms with E-state index in [4.69, 9.17) is 5.73 Å². The Morgan fingerprint density at radius 1 is 1.20 bits per heavy atom. The first-order valence-corrected chi connectivity index (χ1v) is 7.37. The fourth-order valence-corrected chi connectivity index (χ4v) is 2.67. The van der Waals surface area contributed by atoms with Gasteiger partial charge in [-0.3, -0.25) is 4.99 Å². The van der Waals surface area contributed by atoms with Gasteiger partial charge in [-0.2, -0.15) is 0 Å². The minimum Gasteiger partial charge on any atom is -0.370 e. The molecule has 3 nitrogen and oxygen atoms in total. The highest BCUT2D eigenvalue weighted by atomic mass is 127. The second kappa shape index (κ2) is 9.21. The third kappa shape index (κ3) is 6.11. The molecule has 1 aliphatic rings. The van der Waals surface area contributed by atoms with Crippen LogP contribution < -0.4 is 11.1 Å². The van der Waals surface area contributed by atoms with Crippen LogP contribution in [0.1, 0.15) is 44.1 Å². The Bertz CT molecular complexity index is 408. The summed E-state index contributed by atoms with van der Waals surface area (Å²) in [4.78, 5) is 4.42. The molecule has 2 rings (SSSR count). The lowest BCUT2D eigenvalue weighted by atomic mass is 9.87. The van der Waals surface area contributed by atoms with Gasteiger partial charge in [0.2, 0.25) is 0 Å². The number of anilines is 1. The van der Waals surface area contributed by atoms with Gasteiger partial charge in [0.1, 0.15) is 0 Å². The van der Waals surface area contributed by atoms with Crippen LogP contribution in [0.3, 0.4) is 0 Å². The molecule has 0 spiro atoms. The van der Waals surface area contributed by atoms with E-state index in [1.165, 1.54) is 44.1 Å². The van der Waals surface area contributed by atoms with Crippen LogP contribution in [-0.2, 0) is 0 Å². The molecule has 1 fully saturated rings. The number of aliphatic imine (C=N–C) groups is 1. The molecule has 0 unspecified atom stereocenters. The van der Waals surface area contributed by atoms with Crippen molar-refractivity contribution in [3.05, 3.63) is 29.8 Å².